The lowest BCUT2D eigenvalue weighted by Gasteiger charge is -2.06. The Hall–Kier alpha value is -2.14. The molecule has 3 rings (SSSR count). The first kappa shape index (κ1) is 11.9. The number of aromatic nitrogens is 2. The van der Waals surface area contributed by atoms with Gasteiger partial charge in [0.05, 0.1) is 5.69 Å². The van der Waals surface area contributed by atoms with Crippen LogP contribution in [0.3, 0.4) is 0 Å². The minimum Gasteiger partial charge on any atom is -0.358 e. The zero-order valence-electron chi connectivity index (χ0n) is 10.7. The minimum absolute atomic E-state index is 0.0705. The molecule has 1 aliphatic rings. The molecule has 98 valence electrons. The summed E-state index contributed by atoms with van der Waals surface area (Å²) in [4.78, 5) is 23.5. The van der Waals surface area contributed by atoms with Crippen molar-refractivity contribution in [2.75, 3.05) is 0 Å². The smallest absolute Gasteiger partial charge is 0.330 e. The Morgan fingerprint density at radius 1 is 1.00 bits per heavy atom. The summed E-state index contributed by atoms with van der Waals surface area (Å²) in [6.07, 6.45) is -0.284. The van der Waals surface area contributed by atoms with Gasteiger partial charge < -0.3 is 4.74 Å². The molecular formula is C14H14N2O3. The van der Waals surface area contributed by atoms with Crippen LogP contribution in [0.4, 0.5) is 0 Å². The predicted octanol–water partition coefficient (Wildman–Crippen LogP) is 0.897. The molecule has 19 heavy (non-hydrogen) atoms. The molecule has 0 saturated carbocycles. The number of hydrogen-bond acceptors (Lipinski definition) is 3. The predicted molar refractivity (Wildman–Crippen MR) is 69.9 cm³/mol. The second-order valence-electron chi connectivity index (χ2n) is 4.70. The van der Waals surface area contributed by atoms with Crippen molar-refractivity contribution in [3.63, 3.8) is 0 Å². The molecule has 0 N–H and O–H groups in total. The van der Waals surface area contributed by atoms with Crippen molar-refractivity contribution in [3.8, 4) is 0 Å². The zero-order valence-corrected chi connectivity index (χ0v) is 10.7. The maximum absolute atomic E-state index is 11.9. The molecule has 1 fully saturated rings. The fraction of sp³-hybridized carbons (Fsp3) is 0.286. The summed E-state index contributed by atoms with van der Waals surface area (Å²) < 4.78 is 8.17. The van der Waals surface area contributed by atoms with Crippen LogP contribution in [-0.4, -0.2) is 9.13 Å². The second-order valence-corrected chi connectivity index (χ2v) is 4.70. The van der Waals surface area contributed by atoms with Crippen molar-refractivity contribution >= 4 is 0 Å². The Bertz CT molecular complexity index is 731. The molecule has 0 bridgehead atoms. The Kier molecular flexibility index (Phi) is 2.64. The van der Waals surface area contributed by atoms with E-state index in [0.717, 1.165) is 10.1 Å². The largest absolute Gasteiger partial charge is 0.358 e. The molecule has 1 aliphatic heterocycles. The lowest BCUT2D eigenvalue weighted by molar-refractivity contribution is 0.369. The van der Waals surface area contributed by atoms with Gasteiger partial charge in [-0.25, -0.2) is 4.79 Å². The molecule has 0 radical (unpaired) electrons. The average Bonchev–Trinajstić information content (AvgIpc) is 3.22. The van der Waals surface area contributed by atoms with E-state index in [1.54, 1.807) is 7.05 Å². The van der Waals surface area contributed by atoms with Gasteiger partial charge in [0.25, 0.3) is 5.56 Å². The minimum atomic E-state index is -0.329. The fourth-order valence-corrected chi connectivity index (χ4v) is 2.26. The topological polar surface area (TPSA) is 56.5 Å². The lowest BCUT2D eigenvalue weighted by atomic mass is 10.1. The van der Waals surface area contributed by atoms with Gasteiger partial charge in [0.1, 0.15) is 12.2 Å². The molecule has 2 atom stereocenters. The summed E-state index contributed by atoms with van der Waals surface area (Å²) in [6.45, 7) is 0. The highest BCUT2D eigenvalue weighted by Gasteiger charge is 2.43. The molecule has 0 aliphatic carbocycles. The maximum atomic E-state index is 11.9. The van der Waals surface area contributed by atoms with Gasteiger partial charge in [-0.05, 0) is 5.56 Å². The Balaban J connectivity index is 1.99. The molecule has 2 aromatic rings. The fourth-order valence-electron chi connectivity index (χ4n) is 2.26. The van der Waals surface area contributed by atoms with E-state index in [4.69, 9.17) is 4.74 Å². The van der Waals surface area contributed by atoms with Gasteiger partial charge in [-0.2, -0.15) is 0 Å². The first-order chi connectivity index (χ1) is 9.09. The number of epoxide rings is 1. The highest BCUT2D eigenvalue weighted by atomic mass is 16.6. The molecular weight excluding hydrogens is 244 g/mol. The summed E-state index contributed by atoms with van der Waals surface area (Å²) in [5.74, 6) is 0. The Labute approximate surface area is 109 Å². The van der Waals surface area contributed by atoms with Crippen molar-refractivity contribution in [2.24, 2.45) is 14.1 Å². The zero-order chi connectivity index (χ0) is 13.6. The van der Waals surface area contributed by atoms with Crippen molar-refractivity contribution in [1.82, 2.24) is 9.13 Å². The van der Waals surface area contributed by atoms with Gasteiger partial charge in [0, 0.05) is 20.2 Å². The number of ether oxygens (including phenoxy) is 1. The van der Waals surface area contributed by atoms with E-state index >= 15 is 0 Å². The Morgan fingerprint density at radius 2 is 1.68 bits per heavy atom. The number of rotatable bonds is 2. The number of hydrogen-bond donors (Lipinski definition) is 0. The van der Waals surface area contributed by atoms with Crippen LogP contribution in [0.15, 0.2) is 46.0 Å². The highest BCUT2D eigenvalue weighted by Crippen LogP contribution is 2.50. The van der Waals surface area contributed by atoms with Crippen molar-refractivity contribution in [1.29, 1.82) is 0 Å². The van der Waals surface area contributed by atoms with Crippen LogP contribution < -0.4 is 11.2 Å². The van der Waals surface area contributed by atoms with Crippen LogP contribution in [0.25, 0.3) is 0 Å². The summed E-state index contributed by atoms with van der Waals surface area (Å²) in [7, 11) is 3.12. The Morgan fingerprint density at radius 3 is 2.37 bits per heavy atom. The van der Waals surface area contributed by atoms with E-state index in [1.807, 2.05) is 30.3 Å². The van der Waals surface area contributed by atoms with E-state index in [0.29, 0.717) is 5.69 Å². The third-order valence-electron chi connectivity index (χ3n) is 3.47. The molecule has 1 aromatic carbocycles. The molecule has 5 heteroatoms. The van der Waals surface area contributed by atoms with E-state index in [1.165, 1.54) is 17.7 Å². The van der Waals surface area contributed by atoms with Crippen molar-refractivity contribution < 1.29 is 4.74 Å². The summed E-state index contributed by atoms with van der Waals surface area (Å²) in [5, 5.41) is 0. The SMILES string of the molecule is Cn1c([C@@H]2O[C@H]2c2ccccc2)cc(=O)n(C)c1=O. The van der Waals surface area contributed by atoms with E-state index in [2.05, 4.69) is 0 Å². The second kappa shape index (κ2) is 4.20. The van der Waals surface area contributed by atoms with Crippen LogP contribution in [0, 0.1) is 0 Å². The standard InChI is InChI=1S/C14H14N2O3/c1-15-10(8-11(17)16(2)14(15)18)13-12(19-13)9-6-4-3-5-7-9/h3-8,12-13H,1-2H3/t12-,13-/m0/s1. The van der Waals surface area contributed by atoms with Gasteiger partial charge in [-0.1, -0.05) is 30.3 Å². The quantitative estimate of drug-likeness (QED) is 0.752. The normalized spacial score (nSPS) is 21.4. The van der Waals surface area contributed by atoms with E-state index in [-0.39, 0.29) is 23.5 Å². The first-order valence-electron chi connectivity index (χ1n) is 6.07. The molecule has 1 aromatic heterocycles. The third kappa shape index (κ3) is 1.92. The van der Waals surface area contributed by atoms with Gasteiger partial charge in [0.15, 0.2) is 0 Å². The summed E-state index contributed by atoms with van der Waals surface area (Å²) >= 11 is 0. The van der Waals surface area contributed by atoms with Gasteiger partial charge in [0.2, 0.25) is 0 Å². The summed E-state index contributed by atoms with van der Waals surface area (Å²) in [5.41, 5.74) is 1.05. The number of benzene rings is 1. The number of nitrogens with zero attached hydrogens (tertiary/aromatic N) is 2. The maximum Gasteiger partial charge on any atom is 0.330 e. The highest BCUT2D eigenvalue weighted by molar-refractivity contribution is 5.26. The van der Waals surface area contributed by atoms with Gasteiger partial charge >= 0.3 is 5.69 Å². The third-order valence-corrected chi connectivity index (χ3v) is 3.47. The molecule has 2 heterocycles. The van der Waals surface area contributed by atoms with Crippen molar-refractivity contribution in [2.45, 2.75) is 12.2 Å². The molecule has 0 unspecified atom stereocenters. The van der Waals surface area contributed by atoms with Crippen LogP contribution in [0.2, 0.25) is 0 Å². The molecule has 0 spiro atoms. The monoisotopic (exact) mass is 258 g/mol. The van der Waals surface area contributed by atoms with Crippen LogP contribution in [0.1, 0.15) is 23.5 Å². The van der Waals surface area contributed by atoms with Crippen LogP contribution >= 0.6 is 0 Å². The lowest BCUT2D eigenvalue weighted by Crippen LogP contribution is -2.37. The van der Waals surface area contributed by atoms with Gasteiger partial charge in [-0.3, -0.25) is 13.9 Å². The molecule has 1 saturated heterocycles. The molecule has 0 amide bonds. The average molecular weight is 258 g/mol. The van der Waals surface area contributed by atoms with Crippen LogP contribution in [0.5, 0.6) is 0 Å². The van der Waals surface area contributed by atoms with Crippen molar-refractivity contribution in [3.05, 3.63) is 68.5 Å². The van der Waals surface area contributed by atoms with E-state index in [9.17, 15) is 9.59 Å². The molecule has 5 nitrogen and oxygen atoms in total. The first-order valence-corrected chi connectivity index (χ1v) is 6.07. The van der Waals surface area contributed by atoms with Crippen LogP contribution in [-0.2, 0) is 18.8 Å². The summed E-state index contributed by atoms with van der Waals surface area (Å²) in [6, 6.07) is 11.2. The van der Waals surface area contributed by atoms with Gasteiger partial charge in [-0.15, -0.1) is 0 Å². The van der Waals surface area contributed by atoms with E-state index < -0.39 is 0 Å².